The van der Waals surface area contributed by atoms with E-state index in [9.17, 15) is 4.79 Å². The maximum Gasteiger partial charge on any atom is 0.231 e. The predicted octanol–water partition coefficient (Wildman–Crippen LogP) is 2.72. The number of rotatable bonds is 3. The number of benzene rings is 1. The summed E-state index contributed by atoms with van der Waals surface area (Å²) >= 11 is 0. The van der Waals surface area contributed by atoms with Gasteiger partial charge in [0.15, 0.2) is 0 Å². The Balaban J connectivity index is 1.68. The van der Waals surface area contributed by atoms with Crippen molar-refractivity contribution in [3.05, 3.63) is 48.7 Å². The van der Waals surface area contributed by atoms with Crippen LogP contribution < -0.4 is 5.32 Å². The average molecular weight is 268 g/mol. The van der Waals surface area contributed by atoms with Gasteiger partial charge in [0.05, 0.1) is 12.5 Å². The normalized spacial score (nSPS) is 17.9. The van der Waals surface area contributed by atoms with Crippen LogP contribution in [0.15, 0.2) is 48.7 Å². The third-order valence-electron chi connectivity index (χ3n) is 3.42. The van der Waals surface area contributed by atoms with E-state index < -0.39 is 0 Å². The van der Waals surface area contributed by atoms with Crippen molar-refractivity contribution in [3.63, 3.8) is 0 Å². The second-order valence-electron chi connectivity index (χ2n) is 4.85. The number of nitrogens with zero attached hydrogens (tertiary/aromatic N) is 1. The first kappa shape index (κ1) is 12.8. The van der Waals surface area contributed by atoms with E-state index in [1.807, 2.05) is 42.5 Å². The van der Waals surface area contributed by atoms with Crippen molar-refractivity contribution >= 4 is 11.7 Å². The lowest BCUT2D eigenvalue weighted by Gasteiger charge is -2.09. The standard InChI is InChI=1S/C16H16N2O2/c19-16(14-8-9-20-11-14)18-15-7-6-13(10-17-15)12-4-2-1-3-5-12/h1-7,10,14H,8-9,11H2,(H,17,18,19)/t14-/m1/s1. The number of carbonyl (C=O) groups excluding carboxylic acids is 1. The predicted molar refractivity (Wildman–Crippen MR) is 77.2 cm³/mol. The molecule has 1 fully saturated rings. The van der Waals surface area contributed by atoms with Crippen molar-refractivity contribution < 1.29 is 9.53 Å². The first-order valence-electron chi connectivity index (χ1n) is 6.73. The van der Waals surface area contributed by atoms with E-state index in [1.165, 1.54) is 0 Å². The van der Waals surface area contributed by atoms with Gasteiger partial charge in [0, 0.05) is 18.4 Å². The van der Waals surface area contributed by atoms with Gasteiger partial charge >= 0.3 is 0 Å². The fourth-order valence-electron chi connectivity index (χ4n) is 2.24. The molecule has 2 aromatic rings. The van der Waals surface area contributed by atoms with Crippen LogP contribution in [0.2, 0.25) is 0 Å². The highest BCUT2D eigenvalue weighted by atomic mass is 16.5. The number of carbonyl (C=O) groups is 1. The van der Waals surface area contributed by atoms with E-state index in [1.54, 1.807) is 6.20 Å². The summed E-state index contributed by atoms with van der Waals surface area (Å²) < 4.78 is 5.21. The topological polar surface area (TPSA) is 51.2 Å². The molecular weight excluding hydrogens is 252 g/mol. The molecule has 102 valence electrons. The van der Waals surface area contributed by atoms with Crippen LogP contribution in [-0.2, 0) is 9.53 Å². The number of aromatic nitrogens is 1. The van der Waals surface area contributed by atoms with Crippen LogP contribution in [0.3, 0.4) is 0 Å². The van der Waals surface area contributed by atoms with Crippen LogP contribution >= 0.6 is 0 Å². The van der Waals surface area contributed by atoms with Gasteiger partial charge in [-0.05, 0) is 24.1 Å². The summed E-state index contributed by atoms with van der Waals surface area (Å²) in [6, 6.07) is 13.8. The van der Waals surface area contributed by atoms with E-state index in [4.69, 9.17) is 4.74 Å². The van der Waals surface area contributed by atoms with Crippen molar-refractivity contribution in [2.75, 3.05) is 18.5 Å². The molecule has 0 bridgehead atoms. The minimum atomic E-state index is -0.0504. The quantitative estimate of drug-likeness (QED) is 0.931. The van der Waals surface area contributed by atoms with E-state index in [2.05, 4.69) is 10.3 Å². The van der Waals surface area contributed by atoms with Crippen LogP contribution in [0.5, 0.6) is 0 Å². The monoisotopic (exact) mass is 268 g/mol. The summed E-state index contributed by atoms with van der Waals surface area (Å²) in [6.45, 7) is 1.17. The Morgan fingerprint density at radius 1 is 1.15 bits per heavy atom. The molecule has 2 heterocycles. The second-order valence-corrected chi connectivity index (χ2v) is 4.85. The summed E-state index contributed by atoms with van der Waals surface area (Å²) in [6.07, 6.45) is 2.56. The summed E-state index contributed by atoms with van der Waals surface area (Å²) in [5.74, 6) is 0.523. The number of nitrogens with one attached hydrogen (secondary N) is 1. The largest absolute Gasteiger partial charge is 0.381 e. The van der Waals surface area contributed by atoms with Crippen LogP contribution in [0, 0.1) is 5.92 Å². The van der Waals surface area contributed by atoms with Crippen molar-refractivity contribution in [2.45, 2.75) is 6.42 Å². The van der Waals surface area contributed by atoms with Gasteiger partial charge < -0.3 is 10.1 Å². The fourth-order valence-corrected chi connectivity index (χ4v) is 2.24. The number of pyridine rings is 1. The summed E-state index contributed by atoms with van der Waals surface area (Å²) in [4.78, 5) is 16.2. The van der Waals surface area contributed by atoms with Crippen LogP contribution in [0.4, 0.5) is 5.82 Å². The maximum atomic E-state index is 11.9. The van der Waals surface area contributed by atoms with Gasteiger partial charge in [-0.3, -0.25) is 4.79 Å². The van der Waals surface area contributed by atoms with E-state index in [0.29, 0.717) is 19.0 Å². The molecule has 0 unspecified atom stereocenters. The van der Waals surface area contributed by atoms with Gasteiger partial charge in [-0.25, -0.2) is 4.98 Å². The fraction of sp³-hybridized carbons (Fsp3) is 0.250. The Labute approximate surface area is 117 Å². The number of ether oxygens (including phenoxy) is 1. The summed E-state index contributed by atoms with van der Waals surface area (Å²) in [5, 5.41) is 2.83. The molecular formula is C16H16N2O2. The average Bonchev–Trinajstić information content (AvgIpc) is 3.03. The number of hydrogen-bond donors (Lipinski definition) is 1. The van der Waals surface area contributed by atoms with E-state index in [0.717, 1.165) is 17.5 Å². The molecule has 1 aliphatic rings. The number of hydrogen-bond acceptors (Lipinski definition) is 3. The molecule has 1 amide bonds. The molecule has 20 heavy (non-hydrogen) atoms. The third-order valence-corrected chi connectivity index (χ3v) is 3.42. The van der Waals surface area contributed by atoms with Crippen molar-refractivity contribution in [1.82, 2.24) is 4.98 Å². The zero-order chi connectivity index (χ0) is 13.8. The molecule has 1 aromatic carbocycles. The molecule has 0 radical (unpaired) electrons. The summed E-state index contributed by atoms with van der Waals surface area (Å²) in [5.41, 5.74) is 2.15. The third kappa shape index (κ3) is 2.86. The Bertz CT molecular complexity index is 575. The van der Waals surface area contributed by atoms with Gasteiger partial charge in [0.25, 0.3) is 0 Å². The Hall–Kier alpha value is -2.20. The van der Waals surface area contributed by atoms with Crippen LogP contribution in [0.25, 0.3) is 11.1 Å². The van der Waals surface area contributed by atoms with E-state index >= 15 is 0 Å². The number of anilines is 1. The molecule has 1 aromatic heterocycles. The lowest BCUT2D eigenvalue weighted by atomic mass is 10.1. The van der Waals surface area contributed by atoms with Crippen molar-refractivity contribution in [1.29, 1.82) is 0 Å². The highest BCUT2D eigenvalue weighted by Crippen LogP contribution is 2.20. The Kier molecular flexibility index (Phi) is 3.74. The number of amides is 1. The molecule has 0 aliphatic carbocycles. The maximum absolute atomic E-state index is 11.9. The molecule has 1 saturated heterocycles. The molecule has 1 atom stereocenters. The Morgan fingerprint density at radius 2 is 2.00 bits per heavy atom. The van der Waals surface area contributed by atoms with Crippen molar-refractivity contribution in [2.24, 2.45) is 5.92 Å². The highest BCUT2D eigenvalue weighted by molar-refractivity contribution is 5.92. The molecule has 3 rings (SSSR count). The molecule has 1 aliphatic heterocycles. The second kappa shape index (κ2) is 5.84. The van der Waals surface area contributed by atoms with Gasteiger partial charge in [-0.1, -0.05) is 30.3 Å². The smallest absolute Gasteiger partial charge is 0.231 e. The van der Waals surface area contributed by atoms with Crippen molar-refractivity contribution in [3.8, 4) is 11.1 Å². The zero-order valence-electron chi connectivity index (χ0n) is 11.1. The lowest BCUT2D eigenvalue weighted by molar-refractivity contribution is -0.119. The summed E-state index contributed by atoms with van der Waals surface area (Å²) in [7, 11) is 0. The van der Waals surface area contributed by atoms with Crippen LogP contribution in [0.1, 0.15) is 6.42 Å². The molecule has 4 nitrogen and oxygen atoms in total. The van der Waals surface area contributed by atoms with Gasteiger partial charge in [0.2, 0.25) is 5.91 Å². The van der Waals surface area contributed by atoms with Gasteiger partial charge in [0.1, 0.15) is 5.82 Å². The van der Waals surface area contributed by atoms with Crippen LogP contribution in [-0.4, -0.2) is 24.1 Å². The molecule has 1 N–H and O–H groups in total. The molecule has 0 saturated carbocycles. The molecule has 0 spiro atoms. The Morgan fingerprint density at radius 3 is 2.65 bits per heavy atom. The first-order chi connectivity index (χ1) is 9.83. The van der Waals surface area contributed by atoms with Gasteiger partial charge in [-0.15, -0.1) is 0 Å². The first-order valence-corrected chi connectivity index (χ1v) is 6.73. The highest BCUT2D eigenvalue weighted by Gasteiger charge is 2.23. The molecule has 4 heteroatoms. The lowest BCUT2D eigenvalue weighted by Crippen LogP contribution is -2.23. The zero-order valence-corrected chi connectivity index (χ0v) is 11.1. The minimum Gasteiger partial charge on any atom is -0.381 e. The SMILES string of the molecule is O=C(Nc1ccc(-c2ccccc2)cn1)[C@@H]1CCOC1. The van der Waals surface area contributed by atoms with Gasteiger partial charge in [-0.2, -0.15) is 0 Å². The van der Waals surface area contributed by atoms with E-state index in [-0.39, 0.29) is 11.8 Å². The minimum absolute atomic E-state index is 0.0116.